The molecule has 1 fully saturated rings. The summed E-state index contributed by atoms with van der Waals surface area (Å²) in [6.45, 7) is 0. The van der Waals surface area contributed by atoms with E-state index >= 15 is 0 Å². The van der Waals surface area contributed by atoms with E-state index in [2.05, 4.69) is 9.97 Å². The van der Waals surface area contributed by atoms with E-state index in [4.69, 9.17) is 11.6 Å². The molecule has 1 amide bonds. The van der Waals surface area contributed by atoms with Crippen LogP contribution in [-0.4, -0.2) is 26.8 Å². The summed E-state index contributed by atoms with van der Waals surface area (Å²) in [7, 11) is 0. The highest BCUT2D eigenvalue weighted by Crippen LogP contribution is 2.43. The van der Waals surface area contributed by atoms with Crippen LogP contribution in [0.3, 0.4) is 0 Å². The van der Waals surface area contributed by atoms with Crippen LogP contribution in [0, 0.1) is 5.82 Å². The summed E-state index contributed by atoms with van der Waals surface area (Å²) in [4.78, 5) is 23.2. The highest BCUT2D eigenvalue weighted by atomic mass is 35.5. The van der Waals surface area contributed by atoms with Gasteiger partial charge in [-0.3, -0.25) is 4.79 Å². The number of carbonyl (C=O) groups excluding carboxylic acids is 1. The Morgan fingerprint density at radius 2 is 2.25 bits per heavy atom. The molecule has 2 aliphatic rings. The molecule has 1 aromatic heterocycles. The van der Waals surface area contributed by atoms with Gasteiger partial charge in [-0.25, -0.2) is 14.4 Å². The summed E-state index contributed by atoms with van der Waals surface area (Å²) >= 11 is 6.05. The third-order valence-electron chi connectivity index (χ3n) is 5.06. The second-order valence-corrected chi connectivity index (χ2v) is 6.78. The summed E-state index contributed by atoms with van der Waals surface area (Å²) in [5, 5.41) is 0.378. The van der Waals surface area contributed by atoms with Gasteiger partial charge in [0.15, 0.2) is 0 Å². The predicted molar refractivity (Wildman–Crippen MR) is 88.1 cm³/mol. The predicted octanol–water partition coefficient (Wildman–Crippen LogP) is 3.49. The molecule has 0 N–H and O–H groups in total. The van der Waals surface area contributed by atoms with Crippen molar-refractivity contribution in [3.05, 3.63) is 58.4 Å². The minimum atomic E-state index is -0.351. The van der Waals surface area contributed by atoms with Crippen molar-refractivity contribution in [1.82, 2.24) is 14.9 Å². The van der Waals surface area contributed by atoms with Crippen molar-refractivity contribution in [3.8, 4) is 0 Å². The first kappa shape index (κ1) is 15.5. The van der Waals surface area contributed by atoms with E-state index in [0.29, 0.717) is 17.0 Å². The fourth-order valence-corrected chi connectivity index (χ4v) is 4.19. The molecule has 0 aliphatic carbocycles. The highest BCUT2D eigenvalue weighted by Gasteiger charge is 2.42. The Morgan fingerprint density at radius 3 is 3.08 bits per heavy atom. The number of nitrogens with zero attached hydrogens (tertiary/aromatic N) is 3. The van der Waals surface area contributed by atoms with E-state index in [1.54, 1.807) is 18.5 Å². The zero-order chi connectivity index (χ0) is 16.7. The molecule has 1 saturated heterocycles. The zero-order valence-corrected chi connectivity index (χ0v) is 13.8. The SMILES string of the molecule is O=C(CCc1c(F)cccc1Cl)N1[C@H]2CC[C@H]1c1cncnc1C2. The lowest BCUT2D eigenvalue weighted by Gasteiger charge is -2.35. The Bertz CT molecular complexity index is 777. The Labute approximate surface area is 144 Å². The van der Waals surface area contributed by atoms with Crippen molar-refractivity contribution in [3.63, 3.8) is 0 Å². The van der Waals surface area contributed by atoms with Crippen LogP contribution >= 0.6 is 11.6 Å². The second-order valence-electron chi connectivity index (χ2n) is 6.38. The van der Waals surface area contributed by atoms with Gasteiger partial charge in [-0.2, -0.15) is 0 Å². The Hall–Kier alpha value is -2.01. The van der Waals surface area contributed by atoms with Crippen LogP contribution in [-0.2, 0) is 17.6 Å². The molecule has 0 spiro atoms. The molecule has 2 aromatic rings. The van der Waals surface area contributed by atoms with Crippen molar-refractivity contribution >= 4 is 17.5 Å². The number of hydrogen-bond acceptors (Lipinski definition) is 3. The second kappa shape index (κ2) is 6.13. The average molecular weight is 346 g/mol. The van der Waals surface area contributed by atoms with Gasteiger partial charge >= 0.3 is 0 Å². The Kier molecular flexibility index (Phi) is 3.96. The highest BCUT2D eigenvalue weighted by molar-refractivity contribution is 6.31. The number of hydrogen-bond donors (Lipinski definition) is 0. The maximum atomic E-state index is 13.9. The monoisotopic (exact) mass is 345 g/mol. The molecule has 124 valence electrons. The summed E-state index contributed by atoms with van der Waals surface area (Å²) in [6, 6.07) is 4.86. The molecule has 4 rings (SSSR count). The number of rotatable bonds is 3. The van der Waals surface area contributed by atoms with Crippen LogP contribution in [0.1, 0.15) is 42.1 Å². The van der Waals surface area contributed by atoms with Crippen molar-refractivity contribution in [2.24, 2.45) is 0 Å². The minimum Gasteiger partial charge on any atom is -0.332 e. The van der Waals surface area contributed by atoms with Gasteiger partial charge in [0, 0.05) is 41.2 Å². The quantitative estimate of drug-likeness (QED) is 0.855. The Morgan fingerprint density at radius 1 is 1.38 bits per heavy atom. The molecule has 24 heavy (non-hydrogen) atoms. The average Bonchev–Trinajstić information content (AvgIpc) is 2.89. The van der Waals surface area contributed by atoms with E-state index in [9.17, 15) is 9.18 Å². The summed E-state index contributed by atoms with van der Waals surface area (Å²) in [6.07, 6.45) is 6.67. The molecule has 2 bridgehead atoms. The van der Waals surface area contributed by atoms with E-state index in [0.717, 1.165) is 30.5 Å². The molecule has 1 aromatic carbocycles. The number of carbonyl (C=O) groups is 1. The van der Waals surface area contributed by atoms with Gasteiger partial charge in [0.05, 0.1) is 11.7 Å². The van der Waals surface area contributed by atoms with Crippen LogP contribution < -0.4 is 0 Å². The van der Waals surface area contributed by atoms with Gasteiger partial charge in [0.2, 0.25) is 5.91 Å². The first-order chi connectivity index (χ1) is 11.6. The lowest BCUT2D eigenvalue weighted by atomic mass is 9.98. The number of amides is 1. The van der Waals surface area contributed by atoms with Crippen LogP contribution in [0.15, 0.2) is 30.7 Å². The number of fused-ring (bicyclic) bond motifs is 4. The van der Waals surface area contributed by atoms with Gasteiger partial charge < -0.3 is 4.90 Å². The van der Waals surface area contributed by atoms with E-state index in [1.807, 2.05) is 11.1 Å². The first-order valence-corrected chi connectivity index (χ1v) is 8.56. The largest absolute Gasteiger partial charge is 0.332 e. The van der Waals surface area contributed by atoms with Crippen LogP contribution in [0.5, 0.6) is 0 Å². The lowest BCUT2D eigenvalue weighted by molar-refractivity contribution is -0.134. The maximum Gasteiger partial charge on any atom is 0.223 e. The van der Waals surface area contributed by atoms with Crippen molar-refractivity contribution < 1.29 is 9.18 Å². The van der Waals surface area contributed by atoms with E-state index in [-0.39, 0.29) is 30.2 Å². The number of benzene rings is 1. The normalized spacial score (nSPS) is 21.7. The van der Waals surface area contributed by atoms with Crippen molar-refractivity contribution in [2.45, 2.75) is 44.2 Å². The third kappa shape index (κ3) is 2.57. The van der Waals surface area contributed by atoms with Crippen molar-refractivity contribution in [2.75, 3.05) is 0 Å². The molecule has 2 atom stereocenters. The molecule has 3 heterocycles. The van der Waals surface area contributed by atoms with Gasteiger partial charge in [-0.1, -0.05) is 17.7 Å². The molecular weight excluding hydrogens is 329 g/mol. The first-order valence-electron chi connectivity index (χ1n) is 8.18. The standard InChI is InChI=1S/C18H17ClFN3O/c19-14-2-1-3-15(20)12(14)5-7-18(24)23-11-4-6-17(23)13-9-21-10-22-16(13)8-11/h1-3,9-11,17H,4-8H2/t11-,17-/m0/s1. The Balaban J connectivity index is 1.52. The molecule has 2 aliphatic heterocycles. The van der Waals surface area contributed by atoms with Gasteiger partial charge in [0.1, 0.15) is 12.1 Å². The molecule has 0 radical (unpaired) electrons. The maximum absolute atomic E-state index is 13.9. The summed E-state index contributed by atoms with van der Waals surface area (Å²) in [5.41, 5.74) is 2.53. The molecule has 0 saturated carbocycles. The molecule has 6 heteroatoms. The van der Waals surface area contributed by atoms with Gasteiger partial charge in [-0.05, 0) is 31.4 Å². The lowest BCUT2D eigenvalue weighted by Crippen LogP contribution is -2.42. The minimum absolute atomic E-state index is 0.0522. The number of halogens is 2. The molecule has 0 unspecified atom stereocenters. The fraction of sp³-hybridized carbons (Fsp3) is 0.389. The van der Waals surface area contributed by atoms with E-state index < -0.39 is 0 Å². The molecule has 4 nitrogen and oxygen atoms in total. The summed E-state index contributed by atoms with van der Waals surface area (Å²) in [5.74, 6) is -0.299. The van der Waals surface area contributed by atoms with Crippen LogP contribution in [0.4, 0.5) is 4.39 Å². The smallest absolute Gasteiger partial charge is 0.223 e. The zero-order valence-electron chi connectivity index (χ0n) is 13.1. The number of aromatic nitrogens is 2. The van der Waals surface area contributed by atoms with Crippen molar-refractivity contribution in [1.29, 1.82) is 0 Å². The fourth-order valence-electron chi connectivity index (χ4n) is 3.94. The van der Waals surface area contributed by atoms with Gasteiger partial charge in [-0.15, -0.1) is 0 Å². The van der Waals surface area contributed by atoms with Crippen LogP contribution in [0.25, 0.3) is 0 Å². The van der Waals surface area contributed by atoms with E-state index in [1.165, 1.54) is 6.07 Å². The molecular formula is C18H17ClFN3O. The van der Waals surface area contributed by atoms with Crippen LogP contribution in [0.2, 0.25) is 5.02 Å². The third-order valence-corrected chi connectivity index (χ3v) is 5.41. The summed E-state index contributed by atoms with van der Waals surface area (Å²) < 4.78 is 13.9. The van der Waals surface area contributed by atoms with Gasteiger partial charge in [0.25, 0.3) is 0 Å². The topological polar surface area (TPSA) is 46.1 Å².